The minimum Gasteiger partial charge on any atom is -0.366 e. The lowest BCUT2D eigenvalue weighted by molar-refractivity contribution is 0.0268. The van der Waals surface area contributed by atoms with Crippen molar-refractivity contribution < 1.29 is 13.8 Å². The Bertz CT molecular complexity index is 149. The Morgan fingerprint density at radius 3 is 2.90 bits per heavy atom. The molecule has 0 aliphatic carbocycles. The van der Waals surface area contributed by atoms with Crippen LogP contribution in [0.5, 0.6) is 0 Å². The van der Waals surface area contributed by atoms with E-state index >= 15 is 0 Å². The summed E-state index contributed by atoms with van der Waals surface area (Å²) in [5.41, 5.74) is 0. The number of hydrogen-bond donors (Lipinski definition) is 0. The molecule has 1 fully saturated rings. The summed E-state index contributed by atoms with van der Waals surface area (Å²) in [6.45, 7) is 1.93. The zero-order valence-corrected chi connectivity index (χ0v) is 6.84. The van der Waals surface area contributed by atoms with Crippen LogP contribution in [0.3, 0.4) is 0 Å². The Kier molecular flexibility index (Phi) is 2.56. The smallest absolute Gasteiger partial charge is 0.225 e. The van der Waals surface area contributed by atoms with Crippen LogP contribution in [0.4, 0.5) is 0 Å². The molecule has 5 heteroatoms. The quantitative estimate of drug-likeness (QED) is 0.421. The maximum Gasteiger partial charge on any atom is 0.225 e. The Labute approximate surface area is 61.9 Å². The minimum absolute atomic E-state index is 0.0676. The molecule has 1 heterocycles. The van der Waals surface area contributed by atoms with Crippen molar-refractivity contribution in [1.29, 1.82) is 0 Å². The lowest BCUT2D eigenvalue weighted by Gasteiger charge is -2.26. The highest BCUT2D eigenvalue weighted by molar-refractivity contribution is 7.58. The average molecular weight is 160 g/mol. The first-order valence-corrected chi connectivity index (χ1v) is 5.42. The van der Waals surface area contributed by atoms with Gasteiger partial charge in [0.2, 0.25) is 7.37 Å². The molecule has 0 saturated carbocycles. The molecular formula is C5H10BO3P. The highest BCUT2D eigenvalue weighted by Gasteiger charge is 2.25. The summed E-state index contributed by atoms with van der Waals surface area (Å²) >= 11 is 0. The molecule has 10 heavy (non-hydrogen) atoms. The van der Waals surface area contributed by atoms with E-state index in [2.05, 4.69) is 0 Å². The van der Waals surface area contributed by atoms with Crippen LogP contribution in [0, 0.1) is 0 Å². The maximum atomic E-state index is 11.1. The Balaban J connectivity index is 2.38. The van der Waals surface area contributed by atoms with E-state index < -0.39 is 7.37 Å². The van der Waals surface area contributed by atoms with Gasteiger partial charge in [0.25, 0.3) is 0 Å². The highest BCUT2D eigenvalue weighted by atomic mass is 31.2. The fourth-order valence-electron chi connectivity index (χ4n) is 0.703. The molecule has 3 nitrogen and oxygen atoms in total. The van der Waals surface area contributed by atoms with Crippen LogP contribution in [-0.4, -0.2) is 33.6 Å². The second-order valence-corrected chi connectivity index (χ2v) is 5.01. The van der Waals surface area contributed by atoms with Crippen molar-refractivity contribution in [2.24, 2.45) is 0 Å². The van der Waals surface area contributed by atoms with Crippen molar-refractivity contribution in [3.63, 3.8) is 0 Å². The topological polar surface area (TPSA) is 35.5 Å². The third-order valence-electron chi connectivity index (χ3n) is 1.34. The van der Waals surface area contributed by atoms with E-state index in [9.17, 15) is 4.57 Å². The Morgan fingerprint density at radius 1 is 1.80 bits per heavy atom. The van der Waals surface area contributed by atoms with Crippen molar-refractivity contribution >= 4 is 15.2 Å². The predicted molar refractivity (Wildman–Crippen MR) is 39.8 cm³/mol. The molecule has 0 aromatic carbocycles. The first-order valence-electron chi connectivity index (χ1n) is 3.17. The molecular weight excluding hydrogens is 150 g/mol. The van der Waals surface area contributed by atoms with E-state index in [1.807, 2.05) is 0 Å². The SMILES string of the molecule is [B]C[C@H]1COP(C)(=O)CO1. The average Bonchev–Trinajstić information content (AvgIpc) is 1.88. The van der Waals surface area contributed by atoms with Gasteiger partial charge in [0.05, 0.1) is 20.6 Å². The normalized spacial score (nSPS) is 41.5. The van der Waals surface area contributed by atoms with Gasteiger partial charge in [-0.1, -0.05) is 6.32 Å². The summed E-state index contributed by atoms with van der Waals surface area (Å²) in [7, 11) is 2.88. The van der Waals surface area contributed by atoms with E-state index in [4.69, 9.17) is 17.1 Å². The maximum absolute atomic E-state index is 11.1. The largest absolute Gasteiger partial charge is 0.366 e. The predicted octanol–water partition coefficient (Wildman–Crippen LogP) is 0.854. The van der Waals surface area contributed by atoms with Crippen LogP contribution in [0.2, 0.25) is 6.32 Å². The first kappa shape index (κ1) is 8.31. The number of ether oxygens (including phenoxy) is 1. The number of hydrogen-bond acceptors (Lipinski definition) is 3. The molecule has 0 aromatic rings. The Morgan fingerprint density at radius 2 is 2.50 bits per heavy atom. The molecule has 0 spiro atoms. The molecule has 1 unspecified atom stereocenters. The lowest BCUT2D eigenvalue weighted by Crippen LogP contribution is -2.24. The van der Waals surface area contributed by atoms with Gasteiger partial charge in [-0.05, 0) is 0 Å². The molecule has 0 N–H and O–H groups in total. The van der Waals surface area contributed by atoms with Crippen molar-refractivity contribution in [1.82, 2.24) is 0 Å². The third-order valence-corrected chi connectivity index (χ3v) is 2.65. The zero-order chi connectivity index (χ0) is 7.61. The molecule has 0 aromatic heterocycles. The van der Waals surface area contributed by atoms with Gasteiger partial charge >= 0.3 is 0 Å². The van der Waals surface area contributed by atoms with Crippen LogP contribution < -0.4 is 0 Å². The molecule has 1 aliphatic heterocycles. The van der Waals surface area contributed by atoms with E-state index in [1.165, 1.54) is 0 Å². The van der Waals surface area contributed by atoms with Gasteiger partial charge in [-0.25, -0.2) is 0 Å². The van der Waals surface area contributed by atoms with Gasteiger partial charge in [-0.2, -0.15) is 0 Å². The molecule has 0 bridgehead atoms. The fraction of sp³-hybridized carbons (Fsp3) is 1.00. The van der Waals surface area contributed by atoms with Gasteiger partial charge in [0.1, 0.15) is 6.35 Å². The lowest BCUT2D eigenvalue weighted by atomic mass is 10.0. The fourth-order valence-corrected chi connectivity index (χ4v) is 1.74. The second kappa shape index (κ2) is 3.08. The van der Waals surface area contributed by atoms with Crippen LogP contribution in [0.25, 0.3) is 0 Å². The molecule has 0 amide bonds. The highest BCUT2D eigenvalue weighted by Crippen LogP contribution is 2.45. The first-order chi connectivity index (χ1) is 4.64. The van der Waals surface area contributed by atoms with Crippen molar-refractivity contribution in [3.8, 4) is 0 Å². The molecule has 1 saturated heterocycles. The van der Waals surface area contributed by atoms with Crippen LogP contribution in [0.1, 0.15) is 0 Å². The summed E-state index contributed by atoms with van der Waals surface area (Å²) in [6, 6.07) is 0. The van der Waals surface area contributed by atoms with Gasteiger partial charge in [-0.3, -0.25) is 4.57 Å². The summed E-state index contributed by atoms with van der Waals surface area (Å²) in [4.78, 5) is 0. The van der Waals surface area contributed by atoms with Gasteiger partial charge in [0, 0.05) is 6.66 Å². The molecule has 1 aliphatic rings. The summed E-state index contributed by atoms with van der Waals surface area (Å²) in [6.07, 6.45) is 0.566. The Hall–Kier alpha value is 0.215. The molecule has 56 valence electrons. The molecule has 2 radical (unpaired) electrons. The van der Waals surface area contributed by atoms with Crippen molar-refractivity contribution in [3.05, 3.63) is 0 Å². The third kappa shape index (κ3) is 2.12. The minimum atomic E-state index is -2.41. The van der Waals surface area contributed by atoms with E-state index in [0.29, 0.717) is 12.9 Å². The van der Waals surface area contributed by atoms with E-state index in [0.717, 1.165) is 0 Å². The van der Waals surface area contributed by atoms with E-state index in [-0.39, 0.29) is 12.5 Å². The monoisotopic (exact) mass is 160 g/mol. The van der Waals surface area contributed by atoms with Crippen LogP contribution >= 0.6 is 7.37 Å². The summed E-state index contributed by atoms with van der Waals surface area (Å²) < 4.78 is 21.3. The van der Waals surface area contributed by atoms with Gasteiger partial charge in [0.15, 0.2) is 0 Å². The van der Waals surface area contributed by atoms with Crippen molar-refractivity contribution in [2.45, 2.75) is 12.4 Å². The van der Waals surface area contributed by atoms with Gasteiger partial charge < -0.3 is 9.26 Å². The molecule has 2 atom stereocenters. The van der Waals surface area contributed by atoms with Crippen molar-refractivity contribution in [2.75, 3.05) is 19.6 Å². The second-order valence-electron chi connectivity index (χ2n) is 2.46. The number of rotatable bonds is 1. The standard InChI is InChI=1S/C5H10BO3P/c1-10(7)4-8-5(2-6)3-9-10/h5H,2-4H2,1H3/t5-,10?/m0/s1. The molecule has 1 rings (SSSR count). The summed E-state index contributed by atoms with van der Waals surface area (Å²) in [5, 5.41) is 0. The van der Waals surface area contributed by atoms with Crippen LogP contribution in [-0.2, 0) is 13.8 Å². The van der Waals surface area contributed by atoms with Gasteiger partial charge in [-0.15, -0.1) is 0 Å². The van der Waals surface area contributed by atoms with E-state index in [1.54, 1.807) is 6.66 Å². The van der Waals surface area contributed by atoms with Crippen LogP contribution in [0.15, 0.2) is 0 Å². The zero-order valence-electron chi connectivity index (χ0n) is 5.95. The summed E-state index contributed by atoms with van der Waals surface area (Å²) in [5.74, 6) is 0.